The van der Waals surface area contributed by atoms with Gasteiger partial charge in [0.2, 0.25) is 0 Å². The highest BCUT2D eigenvalue weighted by molar-refractivity contribution is 6.17. The smallest absolute Gasteiger partial charge is 0.280 e. The van der Waals surface area contributed by atoms with Gasteiger partial charge in [0.15, 0.2) is 0 Å². The molecule has 0 aliphatic carbocycles. The molecule has 1 saturated heterocycles. The average Bonchev–Trinajstić information content (AvgIpc) is 2.46. The van der Waals surface area contributed by atoms with Crippen molar-refractivity contribution in [2.75, 3.05) is 43.5 Å². The van der Waals surface area contributed by atoms with Gasteiger partial charge in [0.05, 0.1) is 0 Å². The molecule has 0 N–H and O–H groups in total. The van der Waals surface area contributed by atoms with Crippen LogP contribution >= 0.6 is 11.6 Å². The van der Waals surface area contributed by atoms with E-state index in [2.05, 4.69) is 14.9 Å². The normalized spacial score (nSPS) is 17.2. The van der Waals surface area contributed by atoms with E-state index in [4.69, 9.17) is 11.6 Å². The first kappa shape index (κ1) is 14.4. The van der Waals surface area contributed by atoms with E-state index < -0.39 is 6.43 Å². The van der Waals surface area contributed by atoms with Crippen LogP contribution in [0.4, 0.5) is 14.6 Å². The summed E-state index contributed by atoms with van der Waals surface area (Å²) in [6.07, 6.45) is -0.367. The lowest BCUT2D eigenvalue weighted by molar-refractivity contribution is 0.146. The van der Waals surface area contributed by atoms with Crippen LogP contribution in [0.25, 0.3) is 0 Å². The summed E-state index contributed by atoms with van der Waals surface area (Å²) in [5, 5.41) is 0. The second-order valence-corrected chi connectivity index (χ2v) is 4.85. The lowest BCUT2D eigenvalue weighted by Gasteiger charge is -2.35. The summed E-state index contributed by atoms with van der Waals surface area (Å²) >= 11 is 5.67. The van der Waals surface area contributed by atoms with Gasteiger partial charge >= 0.3 is 0 Å². The van der Waals surface area contributed by atoms with Crippen molar-refractivity contribution in [2.45, 2.75) is 12.8 Å². The van der Waals surface area contributed by atoms with Gasteiger partial charge in [0.1, 0.15) is 17.8 Å². The molecule has 19 heavy (non-hydrogen) atoms. The van der Waals surface area contributed by atoms with Gasteiger partial charge in [0, 0.05) is 38.1 Å². The molecule has 0 atom stereocenters. The van der Waals surface area contributed by atoms with E-state index >= 15 is 0 Å². The molecule has 0 unspecified atom stereocenters. The van der Waals surface area contributed by atoms with Crippen LogP contribution in [0.5, 0.6) is 0 Å². The Labute approximate surface area is 116 Å². The molecular weight excluding hydrogens is 274 g/mol. The molecule has 0 radical (unpaired) electrons. The zero-order valence-corrected chi connectivity index (χ0v) is 11.4. The van der Waals surface area contributed by atoms with Gasteiger partial charge < -0.3 is 4.90 Å². The predicted molar refractivity (Wildman–Crippen MR) is 71.0 cm³/mol. The first-order valence-corrected chi connectivity index (χ1v) is 6.87. The maximum absolute atomic E-state index is 12.6. The topological polar surface area (TPSA) is 32.3 Å². The molecule has 2 rings (SSSR count). The molecule has 2 heterocycles. The Morgan fingerprint density at radius 1 is 1.21 bits per heavy atom. The SMILES string of the molecule is FC(F)c1cc(N2CCN(CCCCl)CC2)ncn1. The third-order valence-electron chi connectivity index (χ3n) is 3.20. The summed E-state index contributed by atoms with van der Waals surface area (Å²) in [6.45, 7) is 4.39. The Bertz CT molecular complexity index is 397. The first-order valence-electron chi connectivity index (χ1n) is 6.34. The number of nitrogens with zero attached hydrogens (tertiary/aromatic N) is 4. The van der Waals surface area contributed by atoms with Crippen LogP contribution in [-0.4, -0.2) is 53.5 Å². The minimum atomic E-state index is -2.55. The Balaban J connectivity index is 1.92. The zero-order valence-electron chi connectivity index (χ0n) is 10.6. The Morgan fingerprint density at radius 2 is 1.95 bits per heavy atom. The highest BCUT2D eigenvalue weighted by Gasteiger charge is 2.19. The number of halogens is 3. The fourth-order valence-electron chi connectivity index (χ4n) is 2.14. The number of rotatable bonds is 5. The molecule has 1 aliphatic rings. The molecule has 1 aromatic rings. The average molecular weight is 291 g/mol. The molecule has 1 aromatic heterocycles. The zero-order chi connectivity index (χ0) is 13.7. The van der Waals surface area contributed by atoms with E-state index in [1.165, 1.54) is 12.4 Å². The van der Waals surface area contributed by atoms with Crippen LogP contribution in [0.1, 0.15) is 18.5 Å². The van der Waals surface area contributed by atoms with Crippen molar-refractivity contribution >= 4 is 17.4 Å². The minimum Gasteiger partial charge on any atom is -0.354 e. The summed E-state index contributed by atoms with van der Waals surface area (Å²) in [5.74, 6) is 1.26. The van der Waals surface area contributed by atoms with Crippen molar-refractivity contribution < 1.29 is 8.78 Å². The van der Waals surface area contributed by atoms with Gasteiger partial charge in [-0.2, -0.15) is 0 Å². The lowest BCUT2D eigenvalue weighted by atomic mass is 10.3. The predicted octanol–water partition coefficient (Wildman–Crippen LogP) is 2.17. The van der Waals surface area contributed by atoms with Gasteiger partial charge in [-0.25, -0.2) is 18.7 Å². The molecule has 0 aromatic carbocycles. The van der Waals surface area contributed by atoms with Crippen LogP contribution in [0.15, 0.2) is 12.4 Å². The summed E-state index contributed by atoms with van der Waals surface area (Å²) in [4.78, 5) is 12.0. The highest BCUT2D eigenvalue weighted by atomic mass is 35.5. The van der Waals surface area contributed by atoms with Crippen molar-refractivity contribution in [3.8, 4) is 0 Å². The highest BCUT2D eigenvalue weighted by Crippen LogP contribution is 2.20. The van der Waals surface area contributed by atoms with Crippen LogP contribution in [-0.2, 0) is 0 Å². The maximum atomic E-state index is 12.6. The van der Waals surface area contributed by atoms with E-state index in [-0.39, 0.29) is 5.69 Å². The molecule has 0 amide bonds. The third kappa shape index (κ3) is 3.98. The molecular formula is C12H17ClF2N4. The second-order valence-electron chi connectivity index (χ2n) is 4.47. The van der Waals surface area contributed by atoms with Crippen molar-refractivity contribution in [3.05, 3.63) is 18.1 Å². The number of alkyl halides is 3. The molecule has 1 aliphatic heterocycles. The Morgan fingerprint density at radius 3 is 2.58 bits per heavy atom. The van der Waals surface area contributed by atoms with Gasteiger partial charge in [-0.05, 0) is 13.0 Å². The van der Waals surface area contributed by atoms with Crippen molar-refractivity contribution in [1.82, 2.24) is 14.9 Å². The van der Waals surface area contributed by atoms with Crippen LogP contribution in [0, 0.1) is 0 Å². The number of piperazine rings is 1. The fraction of sp³-hybridized carbons (Fsp3) is 0.667. The fourth-order valence-corrected chi connectivity index (χ4v) is 2.26. The standard InChI is InChI=1S/C12H17ClF2N4/c13-2-1-3-18-4-6-19(7-5-18)11-8-10(12(14)15)16-9-17-11/h8-9,12H,1-7H2. The van der Waals surface area contributed by atoms with Gasteiger partial charge in [-0.1, -0.05) is 0 Å². The molecule has 0 saturated carbocycles. The van der Waals surface area contributed by atoms with Crippen molar-refractivity contribution in [3.63, 3.8) is 0 Å². The molecule has 4 nitrogen and oxygen atoms in total. The lowest BCUT2D eigenvalue weighted by Crippen LogP contribution is -2.47. The van der Waals surface area contributed by atoms with Crippen molar-refractivity contribution in [2.24, 2.45) is 0 Å². The number of hydrogen-bond donors (Lipinski definition) is 0. The quantitative estimate of drug-likeness (QED) is 0.778. The monoisotopic (exact) mass is 290 g/mol. The van der Waals surface area contributed by atoms with E-state index in [0.717, 1.165) is 39.1 Å². The van der Waals surface area contributed by atoms with E-state index in [9.17, 15) is 8.78 Å². The molecule has 7 heteroatoms. The molecule has 0 spiro atoms. The number of aromatic nitrogens is 2. The van der Waals surface area contributed by atoms with Gasteiger partial charge in [-0.15, -0.1) is 11.6 Å². The summed E-state index contributed by atoms with van der Waals surface area (Å²) in [7, 11) is 0. The van der Waals surface area contributed by atoms with Crippen molar-refractivity contribution in [1.29, 1.82) is 0 Å². The second kappa shape index (κ2) is 6.96. The van der Waals surface area contributed by atoms with E-state index in [0.29, 0.717) is 11.7 Å². The first-order chi connectivity index (χ1) is 9.20. The van der Waals surface area contributed by atoms with Crippen LogP contribution < -0.4 is 4.90 Å². The molecule has 1 fully saturated rings. The van der Waals surface area contributed by atoms with Gasteiger partial charge in [0.25, 0.3) is 6.43 Å². The Hall–Kier alpha value is -1.01. The number of hydrogen-bond acceptors (Lipinski definition) is 4. The third-order valence-corrected chi connectivity index (χ3v) is 3.47. The van der Waals surface area contributed by atoms with E-state index in [1.807, 2.05) is 4.90 Å². The summed E-state index contributed by atoms with van der Waals surface area (Å²) in [5.41, 5.74) is -0.213. The summed E-state index contributed by atoms with van der Waals surface area (Å²) in [6, 6.07) is 1.37. The molecule has 0 bridgehead atoms. The minimum absolute atomic E-state index is 0.213. The Kier molecular flexibility index (Phi) is 5.27. The summed E-state index contributed by atoms with van der Waals surface area (Å²) < 4.78 is 25.2. The largest absolute Gasteiger partial charge is 0.354 e. The molecule has 106 valence electrons. The van der Waals surface area contributed by atoms with Gasteiger partial charge in [-0.3, -0.25) is 4.90 Å². The maximum Gasteiger partial charge on any atom is 0.280 e. The number of anilines is 1. The van der Waals surface area contributed by atoms with E-state index in [1.54, 1.807) is 0 Å². The van der Waals surface area contributed by atoms with Crippen LogP contribution in [0.2, 0.25) is 0 Å². The van der Waals surface area contributed by atoms with Crippen LogP contribution in [0.3, 0.4) is 0 Å².